The van der Waals surface area contributed by atoms with E-state index >= 15 is 0 Å². The van der Waals surface area contributed by atoms with E-state index in [1.54, 1.807) is 67.3 Å². The summed E-state index contributed by atoms with van der Waals surface area (Å²) in [5, 5.41) is 48.3. The van der Waals surface area contributed by atoms with Gasteiger partial charge in [-0.15, -0.1) is 31.7 Å². The van der Waals surface area contributed by atoms with Crippen molar-refractivity contribution in [2.24, 2.45) is 14.1 Å². The largest absolute Gasteiger partial charge is 0.449 e. The highest BCUT2D eigenvalue weighted by Crippen LogP contribution is 2.04. The second-order valence-electron chi connectivity index (χ2n) is 13.7. The molecule has 0 fully saturated rings. The van der Waals surface area contributed by atoms with E-state index in [0.29, 0.717) is 23.4 Å². The van der Waals surface area contributed by atoms with Gasteiger partial charge in [0, 0.05) is 27.9 Å². The second-order valence-corrected chi connectivity index (χ2v) is 17.0. The lowest BCUT2D eigenvalue weighted by Crippen LogP contribution is -1.83. The van der Waals surface area contributed by atoms with Gasteiger partial charge in [-0.25, -0.2) is 34.9 Å². The van der Waals surface area contributed by atoms with Crippen molar-refractivity contribution in [3.63, 3.8) is 0 Å². The molecule has 3 N–H and O–H groups in total. The third-order valence-electron chi connectivity index (χ3n) is 6.80. The molecular weight excluding hydrogens is 1110 g/mol. The van der Waals surface area contributed by atoms with Crippen LogP contribution in [0, 0.1) is 104 Å². The summed E-state index contributed by atoms with van der Waals surface area (Å²) in [5.41, 5.74) is 0.972. The second kappa shape index (κ2) is 57.6. The number of oxazole rings is 1. The lowest BCUT2D eigenvalue weighted by Gasteiger charge is -1.76. The van der Waals surface area contributed by atoms with Crippen molar-refractivity contribution in [1.29, 1.82) is 0 Å². The molecular formula is C50H92N26O3S3. The highest BCUT2D eigenvalue weighted by Gasteiger charge is 1.93. The van der Waals surface area contributed by atoms with Gasteiger partial charge in [0.25, 0.3) is 0 Å². The molecule has 0 bridgehead atoms. The Balaban J connectivity index is -0.000000261. The van der Waals surface area contributed by atoms with Crippen LogP contribution in [-0.2, 0) is 14.1 Å². The van der Waals surface area contributed by atoms with E-state index in [1.165, 1.54) is 54.8 Å². The third-order valence-corrected chi connectivity index (χ3v) is 8.98. The van der Waals surface area contributed by atoms with Crippen molar-refractivity contribution in [3.05, 3.63) is 135 Å². The van der Waals surface area contributed by atoms with Gasteiger partial charge in [-0.05, 0) is 113 Å². The molecule has 11 aromatic heterocycles. The quantitative estimate of drug-likeness (QED) is 0.127. The Morgan fingerprint density at radius 1 is 0.439 bits per heavy atom. The van der Waals surface area contributed by atoms with Crippen LogP contribution in [0.4, 0.5) is 0 Å². The van der Waals surface area contributed by atoms with Crippen molar-refractivity contribution < 1.29 is 13.5 Å². The molecule has 0 spiro atoms. The molecule has 458 valence electrons. The summed E-state index contributed by atoms with van der Waals surface area (Å²) in [4.78, 5) is 34.5. The van der Waals surface area contributed by atoms with Crippen molar-refractivity contribution in [3.8, 4) is 0 Å². The number of rotatable bonds is 0. The highest BCUT2D eigenvalue weighted by atomic mass is 32.1. The van der Waals surface area contributed by atoms with E-state index in [1.807, 2.05) is 159 Å². The van der Waals surface area contributed by atoms with Crippen LogP contribution in [-0.4, -0.2) is 129 Å². The van der Waals surface area contributed by atoms with Crippen LogP contribution in [0.15, 0.2) is 64.1 Å². The maximum absolute atomic E-state index is 4.85. The van der Waals surface area contributed by atoms with E-state index < -0.39 is 0 Å². The molecule has 0 radical (unpaired) electrons. The lowest BCUT2D eigenvalue weighted by atomic mass is 10.4. The van der Waals surface area contributed by atoms with Crippen LogP contribution < -0.4 is 0 Å². The fourth-order valence-electron chi connectivity index (χ4n) is 3.68. The van der Waals surface area contributed by atoms with E-state index in [-0.39, 0.29) is 0 Å². The molecule has 29 nitrogen and oxygen atoms in total. The summed E-state index contributed by atoms with van der Waals surface area (Å²) in [5.74, 6) is 7.86. The molecule has 0 saturated carbocycles. The van der Waals surface area contributed by atoms with Crippen LogP contribution in [0.2, 0.25) is 0 Å². The Bertz CT molecular complexity index is 2360. The van der Waals surface area contributed by atoms with Gasteiger partial charge in [-0.3, -0.25) is 20.0 Å². The zero-order valence-electron chi connectivity index (χ0n) is 53.4. The van der Waals surface area contributed by atoms with Gasteiger partial charge in [-0.1, -0.05) is 79.6 Å². The molecule has 32 heteroatoms. The topological polar surface area (TPSA) is 367 Å². The Morgan fingerprint density at radius 3 is 0.902 bits per heavy atom. The fraction of sp³-hybridized carbons (Fsp3) is 0.540. The first-order valence-corrected chi connectivity index (χ1v) is 28.3. The van der Waals surface area contributed by atoms with Gasteiger partial charge in [0.2, 0.25) is 11.8 Å². The van der Waals surface area contributed by atoms with Gasteiger partial charge in [0.15, 0.2) is 18.0 Å². The Morgan fingerprint density at radius 2 is 0.817 bits per heavy atom. The van der Waals surface area contributed by atoms with E-state index in [2.05, 4.69) is 129 Å². The minimum absolute atomic E-state index is 0.623. The van der Waals surface area contributed by atoms with Crippen molar-refractivity contribution in [2.75, 3.05) is 0 Å². The van der Waals surface area contributed by atoms with Crippen molar-refractivity contribution >= 4 is 34.4 Å². The number of nitrogens with one attached hydrogen (secondary N) is 3. The molecule has 11 heterocycles. The summed E-state index contributed by atoms with van der Waals surface area (Å²) in [7, 11) is 3.70. The first kappa shape index (κ1) is 82.7. The van der Waals surface area contributed by atoms with Gasteiger partial charge in [-0.2, -0.15) is 39.1 Å². The molecule has 0 unspecified atom stereocenters. The van der Waals surface area contributed by atoms with Crippen LogP contribution in [0.5, 0.6) is 0 Å². The number of aromatic amines is 3. The third kappa shape index (κ3) is 53.9. The number of hydrogen-bond donors (Lipinski definition) is 3. The monoisotopic (exact) mass is 1200 g/mol. The maximum Gasteiger partial charge on any atom is 0.223 e. The van der Waals surface area contributed by atoms with Crippen molar-refractivity contribution in [2.45, 2.75) is 173 Å². The Hall–Kier alpha value is -8.13. The lowest BCUT2D eigenvalue weighted by molar-refractivity contribution is 0.389. The summed E-state index contributed by atoms with van der Waals surface area (Å²) in [6, 6.07) is 0. The smallest absolute Gasteiger partial charge is 0.223 e. The Kier molecular flexibility index (Phi) is 58.0. The Labute approximate surface area is 496 Å². The highest BCUT2D eigenvalue weighted by molar-refractivity contribution is 7.11. The average Bonchev–Trinajstić information content (AvgIpc) is 4.27. The SMILES string of the molecule is CC.CC.CC.CC.CC.Cc1ncn[nH]1.Cc1ncn[nH]1.Cc1ncn[nH]1.Cc1ncoc1C.Cc1nnc(C)s1.Cc1noc(C)n1.Cc1noc(C)n1.Cc1nsc(C)n1.Cc1nsc(C)n1.Cn1cncn1.Cn1cnnc1. The molecule has 11 rings (SSSR count). The zero-order chi connectivity index (χ0) is 63.7. The van der Waals surface area contributed by atoms with Gasteiger partial charge < -0.3 is 18.0 Å². The van der Waals surface area contributed by atoms with E-state index in [4.69, 9.17) is 4.42 Å². The maximum atomic E-state index is 4.85. The summed E-state index contributed by atoms with van der Waals surface area (Å²) >= 11 is 4.51. The molecule has 0 aromatic carbocycles. The molecule has 0 saturated heterocycles. The van der Waals surface area contributed by atoms with Crippen LogP contribution in [0.25, 0.3) is 0 Å². The first-order chi connectivity index (χ1) is 39.2. The average molecular weight is 1200 g/mol. The van der Waals surface area contributed by atoms with Crippen LogP contribution in [0.1, 0.15) is 153 Å². The number of hydrogen-bond acceptors (Lipinski definition) is 27. The summed E-state index contributed by atoms with van der Waals surface area (Å²) < 4.78 is 25.4. The van der Waals surface area contributed by atoms with Gasteiger partial charge >= 0.3 is 0 Å². The summed E-state index contributed by atoms with van der Waals surface area (Å²) in [6.07, 6.45) is 12.3. The predicted octanol–water partition coefficient (Wildman–Crippen LogP) is 11.2. The molecule has 0 aliphatic carbocycles. The van der Waals surface area contributed by atoms with Crippen molar-refractivity contribution in [1.82, 2.24) is 129 Å². The van der Waals surface area contributed by atoms with E-state index in [0.717, 1.165) is 60.6 Å². The van der Waals surface area contributed by atoms with Gasteiger partial charge in [0.1, 0.15) is 99.2 Å². The predicted molar refractivity (Wildman–Crippen MR) is 324 cm³/mol. The molecule has 0 amide bonds. The van der Waals surface area contributed by atoms with Crippen LogP contribution >= 0.6 is 34.4 Å². The number of H-pyrrole nitrogens is 3. The minimum atomic E-state index is 0.623. The van der Waals surface area contributed by atoms with Gasteiger partial charge in [0.05, 0.1) is 5.69 Å². The van der Waals surface area contributed by atoms with Crippen LogP contribution in [0.3, 0.4) is 0 Å². The molecule has 0 aliphatic rings. The molecule has 11 aromatic rings. The van der Waals surface area contributed by atoms with E-state index in [9.17, 15) is 0 Å². The fourth-order valence-corrected chi connectivity index (χ4v) is 5.23. The molecule has 0 aliphatic heterocycles. The normalized spacial score (nSPS) is 8.43. The number of aromatic nitrogens is 26. The molecule has 0 atom stereocenters. The molecule has 82 heavy (non-hydrogen) atoms. The number of nitrogens with zero attached hydrogens (tertiary/aromatic N) is 23. The summed E-state index contributed by atoms with van der Waals surface area (Å²) in [6.45, 7) is 48.1. The number of aryl methyl sites for hydroxylation is 17. The zero-order valence-corrected chi connectivity index (χ0v) is 55.8. The first-order valence-electron chi connectivity index (χ1n) is 26.0. The minimum Gasteiger partial charge on any atom is -0.449 e. The standard InChI is InChI=1S/C5H7NO.2C4H6N2O.3C4H6N2S.5C3H5N3.5C2H6/c1-4-5(2)7-3-6-4;2*1-3-5-4(2)7-6-3;1-3-5-6-4(2)7-3;2*1-3-5-4(2)7-6-3;1-6-2-4-5-3-6;1-6-3-4-2-5-6;3*1-3-4-2-5-6-3;5*1-2/h3H,1-2H3;5*1-2H3;2*2-3H,1H3;3*2H,1H3,(H,4,5,6);5*1-2H3.